The van der Waals surface area contributed by atoms with E-state index in [0.29, 0.717) is 17.9 Å². The van der Waals surface area contributed by atoms with Gasteiger partial charge in [-0.3, -0.25) is 4.79 Å². The van der Waals surface area contributed by atoms with Crippen LogP contribution in [0.3, 0.4) is 0 Å². The molecule has 0 saturated carbocycles. The molecule has 1 aliphatic rings. The van der Waals surface area contributed by atoms with Gasteiger partial charge in [-0.15, -0.1) is 0 Å². The summed E-state index contributed by atoms with van der Waals surface area (Å²) in [5, 5.41) is 9.26. The van der Waals surface area contributed by atoms with Gasteiger partial charge in [0.15, 0.2) is 0 Å². The lowest BCUT2D eigenvalue weighted by Crippen LogP contribution is -2.47. The zero-order valence-electron chi connectivity index (χ0n) is 13.8. The van der Waals surface area contributed by atoms with Gasteiger partial charge in [0.25, 0.3) is 0 Å². The molecular weight excluding hydrogens is 322 g/mol. The Morgan fingerprint density at radius 1 is 1.20 bits per heavy atom. The van der Waals surface area contributed by atoms with E-state index in [0.717, 1.165) is 11.3 Å². The summed E-state index contributed by atoms with van der Waals surface area (Å²) in [5.74, 6) is -0.0854. The fraction of sp³-hybridized carbons (Fsp3) is 0.263. The zero-order valence-corrected chi connectivity index (χ0v) is 13.8. The monoisotopic (exact) mass is 341 g/mol. The van der Waals surface area contributed by atoms with Crippen LogP contribution >= 0.6 is 0 Å². The Morgan fingerprint density at radius 2 is 1.92 bits per heavy atom. The molecule has 0 spiro atoms. The van der Waals surface area contributed by atoms with Gasteiger partial charge in [-0.25, -0.2) is 4.79 Å². The van der Waals surface area contributed by atoms with E-state index in [2.05, 4.69) is 0 Å². The van der Waals surface area contributed by atoms with Gasteiger partial charge in [0.2, 0.25) is 12.0 Å². The summed E-state index contributed by atoms with van der Waals surface area (Å²) in [4.78, 5) is 25.5. The summed E-state index contributed by atoms with van der Waals surface area (Å²) in [6, 6.07) is 14.5. The lowest BCUT2D eigenvalue weighted by Gasteiger charge is -2.33. The highest BCUT2D eigenvalue weighted by Gasteiger charge is 2.33. The molecule has 0 radical (unpaired) electrons. The number of anilines is 1. The maximum atomic E-state index is 12.7. The number of methoxy groups -OCH3 is 1. The van der Waals surface area contributed by atoms with Crippen molar-refractivity contribution in [3.8, 4) is 11.5 Å². The van der Waals surface area contributed by atoms with Crippen molar-refractivity contribution in [2.75, 3.05) is 18.6 Å². The van der Waals surface area contributed by atoms with Crippen molar-refractivity contribution in [2.24, 2.45) is 0 Å². The van der Waals surface area contributed by atoms with Crippen LogP contribution in [0.4, 0.5) is 5.69 Å². The molecule has 0 aromatic heterocycles. The van der Waals surface area contributed by atoms with Gasteiger partial charge in [0.1, 0.15) is 11.5 Å². The lowest BCUT2D eigenvalue weighted by molar-refractivity contribution is -0.145. The van der Waals surface area contributed by atoms with Crippen molar-refractivity contribution in [1.82, 2.24) is 0 Å². The van der Waals surface area contributed by atoms with E-state index in [1.165, 1.54) is 4.90 Å². The van der Waals surface area contributed by atoms with Crippen molar-refractivity contribution in [3.63, 3.8) is 0 Å². The fourth-order valence-electron chi connectivity index (χ4n) is 2.89. The van der Waals surface area contributed by atoms with Crippen LogP contribution in [0.15, 0.2) is 48.5 Å². The Bertz CT molecular complexity index is 789. The van der Waals surface area contributed by atoms with Gasteiger partial charge >= 0.3 is 5.97 Å². The molecule has 1 heterocycles. The Balaban J connectivity index is 1.78. The van der Waals surface area contributed by atoms with Crippen LogP contribution in [0.2, 0.25) is 0 Å². The van der Waals surface area contributed by atoms with Crippen molar-refractivity contribution in [1.29, 1.82) is 0 Å². The number of ether oxygens (including phenoxy) is 2. The van der Waals surface area contributed by atoms with Crippen LogP contribution < -0.4 is 14.4 Å². The maximum Gasteiger partial charge on any atom is 0.346 e. The van der Waals surface area contributed by atoms with E-state index in [4.69, 9.17) is 9.47 Å². The van der Waals surface area contributed by atoms with Crippen LogP contribution in [0.5, 0.6) is 11.5 Å². The second-order valence-electron chi connectivity index (χ2n) is 5.73. The molecule has 2 aromatic rings. The molecule has 0 bridgehead atoms. The molecule has 1 aliphatic heterocycles. The molecule has 130 valence electrons. The first kappa shape index (κ1) is 16.8. The minimum atomic E-state index is -1.09. The minimum absolute atomic E-state index is 0.00287. The summed E-state index contributed by atoms with van der Waals surface area (Å²) in [5.41, 5.74) is 1.54. The molecular formula is C19H19NO5. The van der Waals surface area contributed by atoms with Gasteiger partial charge in [0, 0.05) is 6.42 Å². The van der Waals surface area contributed by atoms with Crippen molar-refractivity contribution >= 4 is 17.6 Å². The second-order valence-corrected chi connectivity index (χ2v) is 5.73. The molecule has 1 amide bonds. The Labute approximate surface area is 145 Å². The van der Waals surface area contributed by atoms with E-state index < -0.39 is 12.1 Å². The molecule has 25 heavy (non-hydrogen) atoms. The number of carbonyl (C=O) groups is 2. The normalized spacial score (nSPS) is 15.9. The number of aliphatic carboxylic acids is 1. The minimum Gasteiger partial charge on any atom is -0.496 e. The van der Waals surface area contributed by atoms with Gasteiger partial charge < -0.3 is 19.5 Å². The van der Waals surface area contributed by atoms with Gasteiger partial charge in [-0.1, -0.05) is 30.3 Å². The third-order valence-electron chi connectivity index (χ3n) is 4.15. The molecule has 2 aromatic carbocycles. The number of rotatable bonds is 5. The first-order chi connectivity index (χ1) is 12.1. The highest BCUT2D eigenvalue weighted by atomic mass is 16.5. The predicted octanol–water partition coefficient (Wildman–Crippen LogP) is 2.51. The number of carbonyl (C=O) groups excluding carboxylic acids is 1. The van der Waals surface area contributed by atoms with E-state index in [9.17, 15) is 14.7 Å². The number of nitrogens with zero attached hydrogens (tertiary/aromatic N) is 1. The zero-order chi connectivity index (χ0) is 17.8. The Morgan fingerprint density at radius 3 is 2.68 bits per heavy atom. The molecule has 0 aliphatic carbocycles. The van der Waals surface area contributed by atoms with Crippen molar-refractivity contribution in [3.05, 3.63) is 54.1 Å². The molecule has 3 rings (SSSR count). The number of hydrogen-bond acceptors (Lipinski definition) is 4. The molecule has 1 atom stereocenters. The van der Waals surface area contributed by atoms with Crippen LogP contribution in [-0.2, 0) is 16.0 Å². The van der Waals surface area contributed by atoms with Gasteiger partial charge in [-0.05, 0) is 30.2 Å². The third kappa shape index (κ3) is 3.57. The maximum absolute atomic E-state index is 12.7. The summed E-state index contributed by atoms with van der Waals surface area (Å²) >= 11 is 0. The first-order valence-corrected chi connectivity index (χ1v) is 8.01. The standard InChI is InChI=1S/C19H19NO5/c1-24-15-8-4-2-6-13(15)10-11-18(21)20-12-17(19(22)23)25-16-9-5-3-7-14(16)20/h2-9,17H,10-12H2,1H3,(H,22,23)/t17-/m1/s1. The first-order valence-electron chi connectivity index (χ1n) is 8.01. The number of carboxylic acids is 1. The van der Waals surface area contributed by atoms with E-state index in [1.54, 1.807) is 31.4 Å². The van der Waals surface area contributed by atoms with Gasteiger partial charge in [-0.2, -0.15) is 0 Å². The molecule has 0 unspecified atom stereocenters. The average molecular weight is 341 g/mol. The molecule has 0 saturated heterocycles. The topological polar surface area (TPSA) is 76.1 Å². The van der Waals surface area contributed by atoms with Gasteiger partial charge in [0.05, 0.1) is 19.3 Å². The molecule has 6 heteroatoms. The third-order valence-corrected chi connectivity index (χ3v) is 4.15. The number of benzene rings is 2. The van der Waals surface area contributed by atoms with E-state index in [-0.39, 0.29) is 18.9 Å². The smallest absolute Gasteiger partial charge is 0.346 e. The number of aryl methyl sites for hydroxylation is 1. The van der Waals surface area contributed by atoms with Crippen molar-refractivity contribution in [2.45, 2.75) is 18.9 Å². The largest absolute Gasteiger partial charge is 0.496 e. The van der Waals surface area contributed by atoms with E-state index in [1.807, 2.05) is 24.3 Å². The number of hydrogen-bond donors (Lipinski definition) is 1. The number of amides is 1. The fourth-order valence-corrected chi connectivity index (χ4v) is 2.89. The van der Waals surface area contributed by atoms with Crippen molar-refractivity contribution < 1.29 is 24.2 Å². The van der Waals surface area contributed by atoms with Crippen LogP contribution in [0, 0.1) is 0 Å². The summed E-state index contributed by atoms with van der Waals surface area (Å²) in [7, 11) is 1.59. The SMILES string of the molecule is COc1ccccc1CCC(=O)N1C[C@H](C(=O)O)Oc2ccccc21. The van der Waals surface area contributed by atoms with Crippen LogP contribution in [0.25, 0.3) is 0 Å². The Kier molecular flexibility index (Phi) is 4.88. The quantitative estimate of drug-likeness (QED) is 0.904. The second kappa shape index (κ2) is 7.25. The summed E-state index contributed by atoms with van der Waals surface area (Å²) < 4.78 is 10.8. The predicted molar refractivity (Wildman–Crippen MR) is 92.2 cm³/mol. The lowest BCUT2D eigenvalue weighted by atomic mass is 10.1. The van der Waals surface area contributed by atoms with Crippen LogP contribution in [-0.4, -0.2) is 36.7 Å². The number of fused-ring (bicyclic) bond motifs is 1. The Hall–Kier alpha value is -3.02. The van der Waals surface area contributed by atoms with Crippen LogP contribution in [0.1, 0.15) is 12.0 Å². The van der Waals surface area contributed by atoms with E-state index >= 15 is 0 Å². The summed E-state index contributed by atoms with van der Waals surface area (Å²) in [6.45, 7) is -0.00287. The molecule has 6 nitrogen and oxygen atoms in total. The number of para-hydroxylation sites is 3. The highest BCUT2D eigenvalue weighted by molar-refractivity contribution is 5.96. The average Bonchev–Trinajstić information content (AvgIpc) is 2.65. The molecule has 1 N–H and O–H groups in total. The summed E-state index contributed by atoms with van der Waals surface area (Å²) in [6.07, 6.45) is -0.300. The number of carboxylic acid groups (broad SMARTS) is 1. The molecule has 0 fully saturated rings. The highest BCUT2D eigenvalue weighted by Crippen LogP contribution is 2.33.